The van der Waals surface area contributed by atoms with Gasteiger partial charge in [-0.15, -0.1) is 0 Å². The van der Waals surface area contributed by atoms with Crippen molar-refractivity contribution in [2.24, 2.45) is 0 Å². The van der Waals surface area contributed by atoms with Gasteiger partial charge in [0.2, 0.25) is 5.91 Å². The first kappa shape index (κ1) is 18.8. The molecule has 0 heterocycles. The fourth-order valence-electron chi connectivity index (χ4n) is 2.87. The Morgan fingerprint density at radius 2 is 1.56 bits per heavy atom. The topological polar surface area (TPSA) is 32.3 Å². The van der Waals surface area contributed by atoms with Crippen LogP contribution in [0.4, 0.5) is 0 Å². The number of hydrogen-bond donors (Lipinski definition) is 1. The van der Waals surface area contributed by atoms with Crippen LogP contribution in [0.2, 0.25) is 0 Å². The third-order valence-electron chi connectivity index (χ3n) is 4.59. The van der Waals surface area contributed by atoms with E-state index >= 15 is 0 Å². The number of carbonyl (C=O) groups is 1. The van der Waals surface area contributed by atoms with Crippen molar-refractivity contribution < 1.29 is 4.79 Å². The second kappa shape index (κ2) is 9.07. The molecule has 3 nitrogen and oxygen atoms in total. The molecule has 3 heteroatoms. The van der Waals surface area contributed by atoms with Gasteiger partial charge in [-0.3, -0.25) is 4.79 Å². The summed E-state index contributed by atoms with van der Waals surface area (Å²) in [5.41, 5.74) is 4.31. The zero-order chi connectivity index (χ0) is 18.2. The van der Waals surface area contributed by atoms with Crippen LogP contribution in [0.3, 0.4) is 0 Å². The zero-order valence-corrected chi connectivity index (χ0v) is 15.5. The molecule has 0 saturated heterocycles. The molecular formula is C22H28N2O. The Balaban J connectivity index is 1.96. The van der Waals surface area contributed by atoms with Gasteiger partial charge < -0.3 is 10.2 Å². The first-order valence-corrected chi connectivity index (χ1v) is 8.92. The molecule has 132 valence electrons. The first-order valence-electron chi connectivity index (χ1n) is 8.92. The summed E-state index contributed by atoms with van der Waals surface area (Å²) in [7, 11) is 0. The van der Waals surface area contributed by atoms with E-state index in [1.807, 2.05) is 37.3 Å². The molecule has 2 aromatic carbocycles. The predicted molar refractivity (Wildman–Crippen MR) is 105 cm³/mol. The van der Waals surface area contributed by atoms with Crippen LogP contribution in [0.15, 0.2) is 66.9 Å². The third kappa shape index (κ3) is 4.96. The highest BCUT2D eigenvalue weighted by atomic mass is 16.1. The molecule has 0 aliphatic rings. The van der Waals surface area contributed by atoms with Crippen LogP contribution in [-0.4, -0.2) is 30.4 Å². The molecular weight excluding hydrogens is 308 g/mol. The lowest BCUT2D eigenvalue weighted by molar-refractivity contribution is -0.122. The highest BCUT2D eigenvalue weighted by molar-refractivity contribution is 5.83. The number of rotatable bonds is 8. The first-order chi connectivity index (χ1) is 12.1. The second-order valence-corrected chi connectivity index (χ2v) is 6.17. The summed E-state index contributed by atoms with van der Waals surface area (Å²) < 4.78 is 0. The molecule has 2 rings (SSSR count). The Hall–Kier alpha value is -2.55. The molecule has 0 fully saturated rings. The fraction of sp³-hybridized carbons (Fsp3) is 0.318. The van der Waals surface area contributed by atoms with Crippen LogP contribution in [0.1, 0.15) is 32.3 Å². The normalized spacial score (nSPS) is 11.6. The van der Waals surface area contributed by atoms with Crippen molar-refractivity contribution in [2.75, 3.05) is 19.6 Å². The minimum absolute atomic E-state index is 0.0285. The highest BCUT2D eigenvalue weighted by Crippen LogP contribution is 2.22. The van der Waals surface area contributed by atoms with Crippen molar-refractivity contribution >= 4 is 5.91 Å². The molecule has 0 aliphatic carbocycles. The zero-order valence-electron chi connectivity index (χ0n) is 15.5. The van der Waals surface area contributed by atoms with Gasteiger partial charge in [-0.05, 0) is 37.5 Å². The van der Waals surface area contributed by atoms with Gasteiger partial charge in [0.05, 0.1) is 12.5 Å². The summed E-state index contributed by atoms with van der Waals surface area (Å²) in [4.78, 5) is 14.6. The van der Waals surface area contributed by atoms with Crippen LogP contribution in [0.5, 0.6) is 0 Å². The molecule has 0 aliphatic heterocycles. The number of nitrogens with one attached hydrogen (secondary N) is 1. The van der Waals surface area contributed by atoms with Crippen molar-refractivity contribution in [1.82, 2.24) is 10.2 Å². The number of benzene rings is 2. The summed E-state index contributed by atoms with van der Waals surface area (Å²) >= 11 is 0. The van der Waals surface area contributed by atoms with Crippen molar-refractivity contribution in [3.05, 3.63) is 72.4 Å². The van der Waals surface area contributed by atoms with E-state index < -0.39 is 0 Å². The van der Waals surface area contributed by atoms with Gasteiger partial charge in [0.25, 0.3) is 0 Å². The van der Waals surface area contributed by atoms with Gasteiger partial charge in [-0.25, -0.2) is 0 Å². The van der Waals surface area contributed by atoms with Crippen molar-refractivity contribution in [3.8, 4) is 11.1 Å². The predicted octanol–water partition coefficient (Wildman–Crippen LogP) is 4.43. The van der Waals surface area contributed by atoms with Gasteiger partial charge in [-0.2, -0.15) is 0 Å². The second-order valence-electron chi connectivity index (χ2n) is 6.17. The Kier molecular flexibility index (Phi) is 6.81. The van der Waals surface area contributed by atoms with E-state index in [0.717, 1.165) is 29.9 Å². The Bertz CT molecular complexity index is 688. The minimum atomic E-state index is -0.186. The molecule has 1 amide bonds. The van der Waals surface area contributed by atoms with Gasteiger partial charge in [0.15, 0.2) is 0 Å². The molecule has 0 radical (unpaired) electrons. The number of nitrogens with zero attached hydrogens (tertiary/aromatic N) is 1. The van der Waals surface area contributed by atoms with Crippen LogP contribution in [-0.2, 0) is 4.79 Å². The van der Waals surface area contributed by atoms with Crippen LogP contribution >= 0.6 is 0 Å². The molecule has 0 saturated carbocycles. The van der Waals surface area contributed by atoms with Gasteiger partial charge in [-0.1, -0.05) is 61.2 Å². The lowest BCUT2D eigenvalue weighted by Crippen LogP contribution is -2.34. The van der Waals surface area contributed by atoms with Gasteiger partial charge >= 0.3 is 0 Å². The Morgan fingerprint density at radius 1 is 1.00 bits per heavy atom. The molecule has 1 unspecified atom stereocenters. The van der Waals surface area contributed by atoms with Gasteiger partial charge in [0.1, 0.15) is 0 Å². The summed E-state index contributed by atoms with van der Waals surface area (Å²) in [5.74, 6) is -0.157. The van der Waals surface area contributed by atoms with Crippen molar-refractivity contribution in [2.45, 2.75) is 26.7 Å². The van der Waals surface area contributed by atoms with E-state index in [1.54, 1.807) is 0 Å². The maximum atomic E-state index is 12.4. The van der Waals surface area contributed by atoms with Crippen LogP contribution in [0.25, 0.3) is 11.1 Å². The van der Waals surface area contributed by atoms with E-state index in [2.05, 4.69) is 54.9 Å². The van der Waals surface area contributed by atoms with Gasteiger partial charge in [0, 0.05) is 18.8 Å². The fourth-order valence-corrected chi connectivity index (χ4v) is 2.87. The minimum Gasteiger partial charge on any atom is -0.374 e. The monoisotopic (exact) mass is 336 g/mol. The maximum Gasteiger partial charge on any atom is 0.227 e. The lowest BCUT2D eigenvalue weighted by Gasteiger charge is -2.24. The molecule has 1 N–H and O–H groups in total. The van der Waals surface area contributed by atoms with Crippen LogP contribution in [0, 0.1) is 0 Å². The Labute approximate surface area is 151 Å². The number of likely N-dealkylation sites (N-methyl/N-ethyl adjacent to an activating group) is 1. The number of hydrogen-bond acceptors (Lipinski definition) is 2. The quantitative estimate of drug-likeness (QED) is 0.773. The van der Waals surface area contributed by atoms with E-state index in [0.29, 0.717) is 6.54 Å². The largest absolute Gasteiger partial charge is 0.374 e. The summed E-state index contributed by atoms with van der Waals surface area (Å²) in [6.07, 6.45) is 0. The smallest absolute Gasteiger partial charge is 0.227 e. The van der Waals surface area contributed by atoms with E-state index in [-0.39, 0.29) is 11.8 Å². The summed E-state index contributed by atoms with van der Waals surface area (Å²) in [6.45, 7) is 12.5. The van der Waals surface area contributed by atoms with Crippen LogP contribution < -0.4 is 5.32 Å². The summed E-state index contributed by atoms with van der Waals surface area (Å²) in [5, 5.41) is 3.00. The Morgan fingerprint density at radius 3 is 2.12 bits per heavy atom. The lowest BCUT2D eigenvalue weighted by atomic mass is 9.97. The molecule has 2 aromatic rings. The molecule has 1 atom stereocenters. The highest BCUT2D eigenvalue weighted by Gasteiger charge is 2.15. The molecule has 0 spiro atoms. The SMILES string of the molecule is C=C(CNC(=O)C(C)c1ccc(-c2ccccc2)cc1)N(CC)CC. The average molecular weight is 336 g/mol. The molecule has 0 bridgehead atoms. The molecule has 0 aromatic heterocycles. The van der Waals surface area contributed by atoms with E-state index in [4.69, 9.17) is 0 Å². The number of amides is 1. The third-order valence-corrected chi connectivity index (χ3v) is 4.59. The maximum absolute atomic E-state index is 12.4. The van der Waals surface area contributed by atoms with Crippen molar-refractivity contribution in [1.29, 1.82) is 0 Å². The molecule has 25 heavy (non-hydrogen) atoms. The standard InChI is InChI=1S/C22H28N2O/c1-5-24(6-2)17(3)16-23-22(25)18(4)19-12-14-21(15-13-19)20-10-8-7-9-11-20/h7-15,18H,3,5-6,16H2,1-2,4H3,(H,23,25). The van der Waals surface area contributed by atoms with E-state index in [1.165, 1.54) is 5.56 Å². The average Bonchev–Trinajstić information content (AvgIpc) is 2.67. The van der Waals surface area contributed by atoms with E-state index in [9.17, 15) is 4.79 Å². The summed E-state index contributed by atoms with van der Waals surface area (Å²) in [6, 6.07) is 18.5. The number of carbonyl (C=O) groups excluding carboxylic acids is 1. The van der Waals surface area contributed by atoms with Crippen molar-refractivity contribution in [3.63, 3.8) is 0 Å².